The molecule has 2 aromatic rings. The largest absolute Gasteiger partial charge is 0.223 e. The maximum Gasteiger partial charge on any atom is 0.223 e. The SMILES string of the molecule is C=C/C=C(\C=C/C)c1nc(Cl)nc2ccccc12. The molecule has 1 aromatic carbocycles. The lowest BCUT2D eigenvalue weighted by molar-refractivity contribution is 1.20. The molecule has 0 spiro atoms. The van der Waals surface area contributed by atoms with Crippen LogP contribution in [0.2, 0.25) is 5.28 Å². The molecule has 0 aliphatic heterocycles. The molecule has 0 N–H and O–H groups in total. The molecule has 90 valence electrons. The van der Waals surface area contributed by atoms with E-state index in [0.717, 1.165) is 22.2 Å². The summed E-state index contributed by atoms with van der Waals surface area (Å²) in [4.78, 5) is 8.54. The molecule has 0 atom stereocenters. The fourth-order valence-electron chi connectivity index (χ4n) is 1.79. The van der Waals surface area contributed by atoms with Crippen molar-refractivity contribution < 1.29 is 0 Å². The molecule has 0 fully saturated rings. The molecule has 0 unspecified atom stereocenters. The second-order valence-corrected chi connectivity index (χ2v) is 4.05. The molecule has 0 bridgehead atoms. The van der Waals surface area contributed by atoms with Crippen molar-refractivity contribution in [1.29, 1.82) is 0 Å². The number of rotatable bonds is 3. The molecule has 0 aliphatic carbocycles. The molecular weight excluding hydrogens is 244 g/mol. The van der Waals surface area contributed by atoms with Crippen LogP contribution in [0.4, 0.5) is 0 Å². The first-order chi connectivity index (χ1) is 8.76. The van der Waals surface area contributed by atoms with E-state index in [1.807, 2.05) is 49.4 Å². The summed E-state index contributed by atoms with van der Waals surface area (Å²) < 4.78 is 0. The number of hydrogen-bond acceptors (Lipinski definition) is 2. The van der Waals surface area contributed by atoms with Crippen molar-refractivity contribution in [2.45, 2.75) is 6.92 Å². The van der Waals surface area contributed by atoms with Crippen LogP contribution in [0.3, 0.4) is 0 Å². The standard InChI is InChI=1S/C15H13ClN2/c1-3-7-11(8-4-2)14-12-9-5-6-10-13(12)17-15(16)18-14/h3-10H,1H2,2H3/b8-4-,11-7+. The van der Waals surface area contributed by atoms with E-state index in [0.29, 0.717) is 0 Å². The lowest BCUT2D eigenvalue weighted by Crippen LogP contribution is -1.93. The zero-order valence-electron chi connectivity index (χ0n) is 10.1. The van der Waals surface area contributed by atoms with Gasteiger partial charge in [-0.15, -0.1) is 0 Å². The lowest BCUT2D eigenvalue weighted by Gasteiger charge is -2.06. The Labute approximate surface area is 111 Å². The van der Waals surface area contributed by atoms with Crippen LogP contribution in [-0.4, -0.2) is 9.97 Å². The molecule has 3 heteroatoms. The van der Waals surface area contributed by atoms with Crippen molar-refractivity contribution in [2.24, 2.45) is 0 Å². The molecule has 0 saturated heterocycles. The van der Waals surface area contributed by atoms with Gasteiger partial charge in [-0.25, -0.2) is 9.97 Å². The molecule has 1 heterocycles. The molecule has 0 aliphatic rings. The molecule has 18 heavy (non-hydrogen) atoms. The number of nitrogens with zero attached hydrogens (tertiary/aromatic N) is 2. The summed E-state index contributed by atoms with van der Waals surface area (Å²) in [6.45, 7) is 5.68. The summed E-state index contributed by atoms with van der Waals surface area (Å²) in [6, 6.07) is 7.81. The van der Waals surface area contributed by atoms with Crippen LogP contribution in [0.25, 0.3) is 16.5 Å². The maximum absolute atomic E-state index is 5.97. The van der Waals surface area contributed by atoms with Crippen molar-refractivity contribution in [3.8, 4) is 0 Å². The number of hydrogen-bond donors (Lipinski definition) is 0. The van der Waals surface area contributed by atoms with E-state index in [2.05, 4.69) is 16.5 Å². The number of halogens is 1. The topological polar surface area (TPSA) is 25.8 Å². The average Bonchev–Trinajstić information content (AvgIpc) is 2.37. The summed E-state index contributed by atoms with van der Waals surface area (Å²) in [7, 11) is 0. The van der Waals surface area contributed by atoms with Gasteiger partial charge in [0, 0.05) is 11.0 Å². The van der Waals surface area contributed by atoms with E-state index >= 15 is 0 Å². The summed E-state index contributed by atoms with van der Waals surface area (Å²) >= 11 is 5.97. The van der Waals surface area contributed by atoms with Crippen LogP contribution in [-0.2, 0) is 0 Å². The van der Waals surface area contributed by atoms with E-state index in [9.17, 15) is 0 Å². The minimum absolute atomic E-state index is 0.253. The fourth-order valence-corrected chi connectivity index (χ4v) is 1.96. The summed E-state index contributed by atoms with van der Waals surface area (Å²) in [6.07, 6.45) is 7.58. The van der Waals surface area contributed by atoms with Gasteiger partial charge in [0.15, 0.2) is 0 Å². The van der Waals surface area contributed by atoms with E-state index < -0.39 is 0 Å². The molecule has 2 nitrogen and oxygen atoms in total. The normalized spacial score (nSPS) is 12.2. The Morgan fingerprint density at radius 2 is 2.06 bits per heavy atom. The van der Waals surface area contributed by atoms with Crippen molar-refractivity contribution >= 4 is 28.1 Å². The third-order valence-corrected chi connectivity index (χ3v) is 2.66. The van der Waals surface area contributed by atoms with Crippen LogP contribution < -0.4 is 0 Å². The van der Waals surface area contributed by atoms with Crippen molar-refractivity contribution in [3.63, 3.8) is 0 Å². The van der Waals surface area contributed by atoms with Gasteiger partial charge in [0.1, 0.15) is 0 Å². The van der Waals surface area contributed by atoms with Gasteiger partial charge in [0.2, 0.25) is 5.28 Å². The van der Waals surface area contributed by atoms with Gasteiger partial charge in [-0.05, 0) is 24.6 Å². The van der Waals surface area contributed by atoms with Crippen LogP contribution in [0.1, 0.15) is 12.6 Å². The Morgan fingerprint density at radius 1 is 1.28 bits per heavy atom. The van der Waals surface area contributed by atoms with Gasteiger partial charge in [-0.2, -0.15) is 0 Å². The van der Waals surface area contributed by atoms with Crippen LogP contribution in [0.5, 0.6) is 0 Å². The lowest BCUT2D eigenvalue weighted by atomic mass is 10.1. The minimum atomic E-state index is 0.253. The number of benzene rings is 1. The van der Waals surface area contributed by atoms with E-state index in [1.54, 1.807) is 6.08 Å². The summed E-state index contributed by atoms with van der Waals surface area (Å²) in [5, 5.41) is 1.23. The van der Waals surface area contributed by atoms with Gasteiger partial charge in [0.05, 0.1) is 11.2 Å². The van der Waals surface area contributed by atoms with Gasteiger partial charge < -0.3 is 0 Å². The Balaban J connectivity index is 2.76. The molecule has 0 amide bonds. The number of aromatic nitrogens is 2. The second kappa shape index (κ2) is 5.61. The Hall–Kier alpha value is -1.93. The molecule has 1 aromatic heterocycles. The molecule has 0 saturated carbocycles. The monoisotopic (exact) mass is 256 g/mol. The third-order valence-electron chi connectivity index (χ3n) is 2.49. The van der Waals surface area contributed by atoms with E-state index in [4.69, 9.17) is 11.6 Å². The maximum atomic E-state index is 5.97. The molecular formula is C15H13ClN2. The van der Waals surface area contributed by atoms with Gasteiger partial charge in [-0.3, -0.25) is 0 Å². The fraction of sp³-hybridized carbons (Fsp3) is 0.0667. The Bertz CT molecular complexity index is 642. The van der Waals surface area contributed by atoms with Crippen molar-refractivity contribution in [1.82, 2.24) is 9.97 Å². The highest BCUT2D eigenvalue weighted by atomic mass is 35.5. The van der Waals surface area contributed by atoms with Crippen molar-refractivity contribution in [2.75, 3.05) is 0 Å². The zero-order chi connectivity index (χ0) is 13.0. The molecule has 0 radical (unpaired) electrons. The highest BCUT2D eigenvalue weighted by molar-refractivity contribution is 6.28. The molecule has 2 rings (SSSR count). The highest BCUT2D eigenvalue weighted by Crippen LogP contribution is 2.24. The van der Waals surface area contributed by atoms with Gasteiger partial charge in [-0.1, -0.05) is 49.1 Å². The first-order valence-corrected chi connectivity index (χ1v) is 6.02. The highest BCUT2D eigenvalue weighted by Gasteiger charge is 2.08. The quantitative estimate of drug-likeness (QED) is 0.600. The summed E-state index contributed by atoms with van der Waals surface area (Å²) in [5.74, 6) is 0. The van der Waals surface area contributed by atoms with Gasteiger partial charge >= 0.3 is 0 Å². The minimum Gasteiger partial charge on any atom is -0.218 e. The number of allylic oxidation sites excluding steroid dienone is 5. The number of para-hydroxylation sites is 1. The zero-order valence-corrected chi connectivity index (χ0v) is 10.9. The van der Waals surface area contributed by atoms with Crippen LogP contribution in [0.15, 0.2) is 55.1 Å². The van der Waals surface area contributed by atoms with Crippen molar-refractivity contribution in [3.05, 3.63) is 66.1 Å². The van der Waals surface area contributed by atoms with Gasteiger partial charge in [0.25, 0.3) is 0 Å². The van der Waals surface area contributed by atoms with E-state index in [-0.39, 0.29) is 5.28 Å². The Morgan fingerprint density at radius 3 is 2.78 bits per heavy atom. The smallest absolute Gasteiger partial charge is 0.218 e. The first-order valence-electron chi connectivity index (χ1n) is 5.64. The Kier molecular flexibility index (Phi) is 3.90. The average molecular weight is 257 g/mol. The van der Waals surface area contributed by atoms with E-state index in [1.165, 1.54) is 0 Å². The second-order valence-electron chi connectivity index (χ2n) is 3.72. The predicted octanol–water partition coefficient (Wildman–Crippen LogP) is 4.43. The van der Waals surface area contributed by atoms with Crippen LogP contribution in [0, 0.1) is 0 Å². The predicted molar refractivity (Wildman–Crippen MR) is 77.5 cm³/mol. The number of fused-ring (bicyclic) bond motifs is 1. The third kappa shape index (κ3) is 2.49. The first kappa shape index (κ1) is 12.5. The van der Waals surface area contributed by atoms with Crippen LogP contribution >= 0.6 is 11.6 Å². The summed E-state index contributed by atoms with van der Waals surface area (Å²) in [5.41, 5.74) is 2.63.